The van der Waals surface area contributed by atoms with E-state index in [1.807, 2.05) is 86.3 Å². The molecule has 2 amide bonds. The van der Waals surface area contributed by atoms with Crippen LogP contribution in [0.15, 0.2) is 85.5 Å². The van der Waals surface area contributed by atoms with Crippen molar-refractivity contribution in [2.45, 2.75) is 51.9 Å². The first kappa shape index (κ1) is 47.5. The number of carbonyl (C=O) groups is 2. The van der Waals surface area contributed by atoms with Gasteiger partial charge in [0.05, 0.1) is 87.8 Å². The Morgan fingerprint density at radius 1 is 0.632 bits per heavy atom. The van der Waals surface area contributed by atoms with Gasteiger partial charge in [0, 0.05) is 48.9 Å². The lowest BCUT2D eigenvalue weighted by atomic mass is 10.0. The summed E-state index contributed by atoms with van der Waals surface area (Å²) >= 11 is 12.8. The Kier molecular flexibility index (Phi) is 14.3. The number of nitrogens with zero attached hydrogens (tertiary/aromatic N) is 7. The summed E-state index contributed by atoms with van der Waals surface area (Å²) in [6.07, 6.45) is 6.97. The molecule has 19 heteroatoms. The van der Waals surface area contributed by atoms with Gasteiger partial charge in [-0.05, 0) is 74.9 Å². The minimum atomic E-state index is -0.301. The third kappa shape index (κ3) is 9.85. The van der Waals surface area contributed by atoms with Gasteiger partial charge < -0.3 is 43.4 Å². The average Bonchev–Trinajstić information content (AvgIpc) is 4.17. The van der Waals surface area contributed by atoms with Crippen LogP contribution in [0.2, 0.25) is 10.0 Å². The molecule has 2 saturated heterocycles. The fraction of sp³-hybridized carbons (Fsp3) is 0.347. The molecular weight excluding hydrogens is 915 g/mol. The zero-order valence-corrected chi connectivity index (χ0v) is 40.4. The van der Waals surface area contributed by atoms with E-state index in [1.165, 1.54) is 0 Å². The molecule has 7 aromatic rings. The lowest BCUT2D eigenvalue weighted by Gasteiger charge is -2.26. The normalized spacial score (nSPS) is 17.0. The van der Waals surface area contributed by atoms with Crippen LogP contribution in [0.5, 0.6) is 40.5 Å². The second-order valence-corrected chi connectivity index (χ2v) is 17.3. The van der Waals surface area contributed by atoms with Crippen molar-refractivity contribution in [3.05, 3.63) is 101 Å². The zero-order chi connectivity index (χ0) is 48.2. The van der Waals surface area contributed by atoms with Crippen molar-refractivity contribution in [3.63, 3.8) is 0 Å². The number of hydrogen-bond donors (Lipinski definition) is 1. The first-order valence-electron chi connectivity index (χ1n) is 21.9. The van der Waals surface area contributed by atoms with Crippen LogP contribution in [0.3, 0.4) is 0 Å². The summed E-state index contributed by atoms with van der Waals surface area (Å²) in [6, 6.07) is 18.8. The van der Waals surface area contributed by atoms with Crippen LogP contribution in [0, 0.1) is 11.8 Å². The summed E-state index contributed by atoms with van der Waals surface area (Å²) in [5.74, 6) is 4.10. The fourth-order valence-corrected chi connectivity index (χ4v) is 8.76. The van der Waals surface area contributed by atoms with E-state index in [4.69, 9.17) is 66.3 Å². The number of benzene rings is 3. The molecule has 356 valence electrons. The molecule has 0 saturated carbocycles. The van der Waals surface area contributed by atoms with Crippen LogP contribution >= 0.6 is 23.2 Å². The fourth-order valence-electron chi connectivity index (χ4n) is 8.34. The Hall–Kier alpha value is -6.98. The highest BCUT2D eigenvalue weighted by Gasteiger charge is 2.37. The molecule has 0 aliphatic carbocycles. The third-order valence-electron chi connectivity index (χ3n) is 12.4. The van der Waals surface area contributed by atoms with E-state index in [0.717, 1.165) is 22.4 Å². The second-order valence-electron chi connectivity index (χ2n) is 16.4. The van der Waals surface area contributed by atoms with Gasteiger partial charge in [0.1, 0.15) is 29.0 Å². The van der Waals surface area contributed by atoms with Crippen molar-refractivity contribution in [2.75, 3.05) is 48.6 Å². The maximum absolute atomic E-state index is 13.0. The van der Waals surface area contributed by atoms with Gasteiger partial charge >= 0.3 is 0 Å². The van der Waals surface area contributed by atoms with Gasteiger partial charge in [0.25, 0.3) is 0 Å². The Labute approximate surface area is 403 Å². The van der Waals surface area contributed by atoms with E-state index in [2.05, 4.69) is 15.5 Å². The number of aromatic nitrogens is 6. The van der Waals surface area contributed by atoms with E-state index in [-0.39, 0.29) is 41.9 Å². The Morgan fingerprint density at radius 2 is 1.13 bits per heavy atom. The average molecular weight is 968 g/mol. The van der Waals surface area contributed by atoms with Gasteiger partial charge in [-0.25, -0.2) is 19.0 Å². The highest BCUT2D eigenvalue weighted by molar-refractivity contribution is 6.34. The van der Waals surface area contributed by atoms with Crippen LogP contribution in [0.4, 0.5) is 0 Å². The molecule has 2 fully saturated rings. The number of rotatable bonds is 15. The molecule has 0 spiro atoms. The predicted molar refractivity (Wildman–Crippen MR) is 256 cm³/mol. The zero-order valence-electron chi connectivity index (χ0n) is 38.9. The number of amides is 2. The molecule has 17 nitrogen and oxygen atoms in total. The SMILES string of the molecule is COc1ccc(-c2cn3ncc(Cl)c3c(O[C@H](C)[C@H]3CNC(=O)C3)n2)cc1OC.COc1ccc([C@@H](C)N2C[C@H]([C@@H](C)Oc3nc(-c4ccc(OC)c(OC)c4)cn4ncc(Cl)c34)CC2=O)cc1. The first-order valence-corrected chi connectivity index (χ1v) is 22.6. The number of fused-ring (bicyclic) bond motifs is 2. The van der Waals surface area contributed by atoms with Crippen LogP contribution in [0.1, 0.15) is 45.2 Å². The van der Waals surface area contributed by atoms with E-state index in [9.17, 15) is 9.59 Å². The molecule has 1 N–H and O–H groups in total. The van der Waals surface area contributed by atoms with Crippen LogP contribution in [-0.4, -0.2) is 107 Å². The number of likely N-dealkylation sites (tertiary alicyclic amines) is 1. The predicted octanol–water partition coefficient (Wildman–Crippen LogP) is 8.42. The van der Waals surface area contributed by atoms with Gasteiger partial charge in [-0.2, -0.15) is 10.2 Å². The minimum Gasteiger partial charge on any atom is -0.497 e. The Bertz CT molecular complexity index is 2950. The highest BCUT2D eigenvalue weighted by Crippen LogP contribution is 2.38. The first-order chi connectivity index (χ1) is 32.8. The molecule has 0 unspecified atom stereocenters. The van der Waals surface area contributed by atoms with Crippen molar-refractivity contribution in [3.8, 4) is 63.0 Å². The summed E-state index contributed by atoms with van der Waals surface area (Å²) in [6.45, 7) is 7.09. The van der Waals surface area contributed by atoms with Crippen molar-refractivity contribution >= 4 is 46.0 Å². The molecule has 9 rings (SSSR count). The second kappa shape index (κ2) is 20.5. The van der Waals surface area contributed by atoms with Gasteiger partial charge in [-0.1, -0.05) is 35.3 Å². The number of ether oxygens (including phenoxy) is 7. The van der Waals surface area contributed by atoms with Crippen LogP contribution in [-0.2, 0) is 9.59 Å². The summed E-state index contributed by atoms with van der Waals surface area (Å²) in [4.78, 5) is 36.0. The number of hydrogen-bond acceptors (Lipinski definition) is 13. The van der Waals surface area contributed by atoms with E-state index in [0.29, 0.717) is 93.2 Å². The van der Waals surface area contributed by atoms with Gasteiger partial charge in [0.15, 0.2) is 23.0 Å². The maximum Gasteiger partial charge on any atom is 0.242 e. The molecule has 4 aromatic heterocycles. The molecular formula is C49H52Cl2N8O9. The van der Waals surface area contributed by atoms with Crippen molar-refractivity contribution in [1.29, 1.82) is 0 Å². The topological polar surface area (TPSA) is 174 Å². The maximum atomic E-state index is 13.0. The van der Waals surface area contributed by atoms with Gasteiger partial charge in [-0.15, -0.1) is 0 Å². The molecule has 6 heterocycles. The summed E-state index contributed by atoms with van der Waals surface area (Å²) in [5, 5.41) is 12.4. The number of nitrogens with one attached hydrogen (secondary N) is 1. The highest BCUT2D eigenvalue weighted by atomic mass is 35.5. The third-order valence-corrected chi connectivity index (χ3v) is 12.9. The standard InChI is InChI=1S/C29H31ClN4O5.C20H21ClN4O4/c1-17(19-6-9-22(36-3)10-7-19)33-15-21(13-27(33)35)18(2)39-29-28-23(30)14-31-34(28)16-24(32-29)20-8-11-25(37-4)26(12-20)38-5;1-11(13-7-18(26)22-8-13)29-20-19-14(21)9-23-25(19)10-15(24-20)12-4-5-16(27-2)17(6-12)28-3/h6-12,14,16-18,21H,13,15H2,1-5H3;4-6,9-11,13H,7-8H2,1-3H3,(H,22,26)/t17-,18-,21-;11-,13-/m11/s1. The number of carbonyl (C=O) groups excluding carboxylic acids is 2. The summed E-state index contributed by atoms with van der Waals surface area (Å²) in [7, 11) is 7.98. The lowest BCUT2D eigenvalue weighted by molar-refractivity contribution is -0.129. The molecule has 5 atom stereocenters. The van der Waals surface area contributed by atoms with Crippen LogP contribution in [0.25, 0.3) is 33.5 Å². The molecule has 68 heavy (non-hydrogen) atoms. The number of methoxy groups -OCH3 is 5. The lowest BCUT2D eigenvalue weighted by Crippen LogP contribution is -2.31. The molecule has 0 bridgehead atoms. The monoisotopic (exact) mass is 966 g/mol. The van der Waals surface area contributed by atoms with Crippen LogP contribution < -0.4 is 38.5 Å². The van der Waals surface area contributed by atoms with Gasteiger partial charge in [0.2, 0.25) is 23.6 Å². The quantitative estimate of drug-likeness (QED) is 0.104. The summed E-state index contributed by atoms with van der Waals surface area (Å²) < 4.78 is 42.7. The smallest absolute Gasteiger partial charge is 0.242 e. The molecule has 0 radical (unpaired) electrons. The van der Waals surface area contributed by atoms with E-state index < -0.39 is 0 Å². The van der Waals surface area contributed by atoms with E-state index in [1.54, 1.807) is 69.4 Å². The Balaban J connectivity index is 0.000000192. The van der Waals surface area contributed by atoms with Crippen molar-refractivity contribution in [1.82, 2.24) is 39.4 Å². The van der Waals surface area contributed by atoms with Gasteiger partial charge in [-0.3, -0.25) is 9.59 Å². The number of halogens is 2. The molecule has 3 aromatic carbocycles. The molecule has 2 aliphatic rings. The van der Waals surface area contributed by atoms with Crippen molar-refractivity contribution < 1.29 is 42.7 Å². The van der Waals surface area contributed by atoms with Crippen molar-refractivity contribution in [2.24, 2.45) is 11.8 Å². The molecule has 2 aliphatic heterocycles. The minimum absolute atomic E-state index is 0.0218. The Morgan fingerprint density at radius 3 is 1.59 bits per heavy atom. The summed E-state index contributed by atoms with van der Waals surface area (Å²) in [5.41, 5.74) is 5.08. The van der Waals surface area contributed by atoms with E-state index >= 15 is 0 Å². The largest absolute Gasteiger partial charge is 0.497 e.